The van der Waals surface area contributed by atoms with Crippen molar-refractivity contribution in [1.29, 1.82) is 0 Å². The van der Waals surface area contributed by atoms with Crippen molar-refractivity contribution in [3.05, 3.63) is 47.2 Å². The van der Waals surface area contributed by atoms with E-state index >= 15 is 0 Å². The lowest BCUT2D eigenvalue weighted by atomic mass is 10.1. The predicted molar refractivity (Wildman–Crippen MR) is 134 cm³/mol. The molecule has 0 atom stereocenters. The number of benzene rings is 1. The number of guanidine groups is 1. The summed E-state index contributed by atoms with van der Waals surface area (Å²) in [5, 5.41) is 9.26. The smallest absolute Gasteiger partial charge is 0.412 e. The van der Waals surface area contributed by atoms with Gasteiger partial charge in [-0.15, -0.1) is 24.0 Å². The highest BCUT2D eigenvalue weighted by Crippen LogP contribution is 2.13. The average molecular weight is 543 g/mol. The van der Waals surface area contributed by atoms with Crippen LogP contribution in [0.4, 0.5) is 10.5 Å². The van der Waals surface area contributed by atoms with Crippen LogP contribution in [0, 0.1) is 13.8 Å². The summed E-state index contributed by atoms with van der Waals surface area (Å²) in [7, 11) is 0. The van der Waals surface area contributed by atoms with Gasteiger partial charge in [0, 0.05) is 18.8 Å². The molecule has 0 saturated carbocycles. The number of carbonyl (C=O) groups excluding carboxylic acids is 1. The van der Waals surface area contributed by atoms with Gasteiger partial charge in [0.25, 0.3) is 0 Å². The van der Waals surface area contributed by atoms with E-state index in [2.05, 4.69) is 25.9 Å². The first-order chi connectivity index (χ1) is 14.2. The first-order valence-corrected chi connectivity index (χ1v) is 10.2. The van der Waals surface area contributed by atoms with Crippen LogP contribution in [-0.4, -0.2) is 35.7 Å². The van der Waals surface area contributed by atoms with Gasteiger partial charge < -0.3 is 19.8 Å². The van der Waals surface area contributed by atoms with Crippen LogP contribution in [0.25, 0.3) is 0 Å². The Morgan fingerprint density at radius 2 is 1.84 bits per heavy atom. The van der Waals surface area contributed by atoms with Crippen LogP contribution in [-0.2, 0) is 17.7 Å². The molecular formula is C22H34IN5O3. The van der Waals surface area contributed by atoms with Crippen LogP contribution in [0.15, 0.2) is 33.7 Å². The molecule has 0 unspecified atom stereocenters. The van der Waals surface area contributed by atoms with Gasteiger partial charge in [-0.1, -0.05) is 12.1 Å². The van der Waals surface area contributed by atoms with E-state index in [0.29, 0.717) is 30.6 Å². The lowest BCUT2D eigenvalue weighted by Gasteiger charge is -2.19. The van der Waals surface area contributed by atoms with Crippen LogP contribution in [0.1, 0.15) is 50.6 Å². The van der Waals surface area contributed by atoms with Crippen molar-refractivity contribution in [2.75, 3.05) is 18.4 Å². The molecule has 0 aliphatic heterocycles. The van der Waals surface area contributed by atoms with Crippen LogP contribution in [0.5, 0.6) is 0 Å². The number of aliphatic imine (C=N–C) groups is 1. The Morgan fingerprint density at radius 1 is 1.16 bits per heavy atom. The summed E-state index contributed by atoms with van der Waals surface area (Å²) in [6.07, 6.45) is 0.355. The number of nitrogens with one attached hydrogen (secondary N) is 3. The molecule has 8 nitrogen and oxygen atoms in total. The fourth-order valence-corrected chi connectivity index (χ4v) is 2.60. The van der Waals surface area contributed by atoms with Gasteiger partial charge in [-0.25, -0.2) is 14.8 Å². The third-order valence-corrected chi connectivity index (χ3v) is 4.09. The van der Waals surface area contributed by atoms with Crippen molar-refractivity contribution in [3.63, 3.8) is 0 Å². The number of nitrogens with zero attached hydrogens (tertiary/aromatic N) is 2. The number of ether oxygens (including phenoxy) is 1. The van der Waals surface area contributed by atoms with Crippen molar-refractivity contribution >= 4 is 41.7 Å². The maximum Gasteiger partial charge on any atom is 0.412 e. The van der Waals surface area contributed by atoms with Crippen LogP contribution >= 0.6 is 24.0 Å². The monoisotopic (exact) mass is 543 g/mol. The lowest BCUT2D eigenvalue weighted by molar-refractivity contribution is 0.0636. The summed E-state index contributed by atoms with van der Waals surface area (Å²) < 4.78 is 10.8. The summed E-state index contributed by atoms with van der Waals surface area (Å²) in [4.78, 5) is 20.7. The molecule has 0 bridgehead atoms. The molecule has 2 rings (SSSR count). The zero-order valence-corrected chi connectivity index (χ0v) is 21.5. The number of hydrogen-bond acceptors (Lipinski definition) is 5. The summed E-state index contributed by atoms with van der Waals surface area (Å²) >= 11 is 0. The maximum atomic E-state index is 11.8. The van der Waals surface area contributed by atoms with E-state index in [1.165, 1.54) is 0 Å². The molecule has 0 aliphatic rings. The first kappa shape index (κ1) is 26.7. The Kier molecular flexibility index (Phi) is 10.8. The second-order valence-electron chi connectivity index (χ2n) is 7.94. The number of halogens is 1. The molecule has 9 heteroatoms. The molecule has 31 heavy (non-hydrogen) atoms. The predicted octanol–water partition coefficient (Wildman–Crippen LogP) is 4.55. The number of carbonyl (C=O) groups is 1. The molecule has 1 heterocycles. The topological polar surface area (TPSA) is 101 Å². The first-order valence-electron chi connectivity index (χ1n) is 10.2. The van der Waals surface area contributed by atoms with Gasteiger partial charge in [0.05, 0.1) is 5.69 Å². The van der Waals surface area contributed by atoms with E-state index in [1.54, 1.807) is 0 Å². The van der Waals surface area contributed by atoms with Gasteiger partial charge >= 0.3 is 6.09 Å². The molecule has 3 N–H and O–H groups in total. The standard InChI is InChI=1S/C22H33N5O3.HI/c1-7-23-20(25-14-19-26-15(2)16(3)29-19)24-13-12-17-8-10-18(11-9-17)27-21(28)30-22(4,5)6;/h8-11H,7,12-14H2,1-6H3,(H,27,28)(H2,23,24,25);1H. The molecule has 0 saturated heterocycles. The third-order valence-electron chi connectivity index (χ3n) is 4.09. The molecule has 1 amide bonds. The minimum atomic E-state index is -0.522. The number of hydrogen-bond donors (Lipinski definition) is 3. The van der Waals surface area contributed by atoms with Crippen LogP contribution < -0.4 is 16.0 Å². The number of amides is 1. The second kappa shape index (κ2) is 12.5. The summed E-state index contributed by atoms with van der Waals surface area (Å²) in [5.74, 6) is 2.15. The molecule has 0 aliphatic carbocycles. The Morgan fingerprint density at radius 3 is 2.39 bits per heavy atom. The normalized spacial score (nSPS) is 11.5. The fourth-order valence-electron chi connectivity index (χ4n) is 2.60. The largest absolute Gasteiger partial charge is 0.444 e. The Bertz CT molecular complexity index is 838. The van der Waals surface area contributed by atoms with Crippen molar-refractivity contribution < 1.29 is 13.9 Å². The van der Waals surface area contributed by atoms with Crippen LogP contribution in [0.3, 0.4) is 0 Å². The molecule has 1 aromatic carbocycles. The Balaban J connectivity index is 0.00000480. The zero-order chi connectivity index (χ0) is 22.1. The van der Waals surface area contributed by atoms with Gasteiger partial charge in [-0.05, 0) is 65.7 Å². The zero-order valence-electron chi connectivity index (χ0n) is 19.2. The van der Waals surface area contributed by atoms with E-state index in [9.17, 15) is 4.79 Å². The highest BCUT2D eigenvalue weighted by atomic mass is 127. The highest BCUT2D eigenvalue weighted by molar-refractivity contribution is 14.0. The molecule has 0 radical (unpaired) electrons. The van der Waals surface area contributed by atoms with Crippen molar-refractivity contribution in [2.24, 2.45) is 4.99 Å². The van der Waals surface area contributed by atoms with Crippen molar-refractivity contribution in [3.8, 4) is 0 Å². The SMILES string of the molecule is CCNC(=NCc1nc(C)c(C)o1)NCCc1ccc(NC(=O)OC(C)(C)C)cc1.I. The second-order valence-corrected chi connectivity index (χ2v) is 7.94. The molecule has 0 spiro atoms. The highest BCUT2D eigenvalue weighted by Gasteiger charge is 2.16. The molecule has 172 valence electrons. The fraction of sp³-hybridized carbons (Fsp3) is 0.500. The average Bonchev–Trinajstić information content (AvgIpc) is 2.97. The van der Waals surface area contributed by atoms with E-state index < -0.39 is 11.7 Å². The number of oxazole rings is 1. The molecular weight excluding hydrogens is 509 g/mol. The third kappa shape index (κ3) is 10.0. The van der Waals surface area contributed by atoms with Crippen LogP contribution in [0.2, 0.25) is 0 Å². The van der Waals surface area contributed by atoms with Gasteiger partial charge in [0.2, 0.25) is 5.89 Å². The van der Waals surface area contributed by atoms with Gasteiger partial charge in [0.1, 0.15) is 17.9 Å². The quantitative estimate of drug-likeness (QED) is 0.269. The van der Waals surface area contributed by atoms with Crippen molar-refractivity contribution in [1.82, 2.24) is 15.6 Å². The number of rotatable bonds is 7. The lowest BCUT2D eigenvalue weighted by Crippen LogP contribution is -2.38. The number of anilines is 1. The van der Waals surface area contributed by atoms with E-state index in [-0.39, 0.29) is 24.0 Å². The minimum Gasteiger partial charge on any atom is -0.444 e. The minimum absolute atomic E-state index is 0. The summed E-state index contributed by atoms with van der Waals surface area (Å²) in [6, 6.07) is 7.70. The maximum absolute atomic E-state index is 11.8. The number of aryl methyl sites for hydroxylation is 2. The van der Waals surface area contributed by atoms with E-state index in [4.69, 9.17) is 9.15 Å². The molecule has 1 aromatic heterocycles. The molecule has 0 fully saturated rings. The van der Waals surface area contributed by atoms with E-state index in [1.807, 2.05) is 65.8 Å². The van der Waals surface area contributed by atoms with Gasteiger partial charge in [0.15, 0.2) is 5.96 Å². The van der Waals surface area contributed by atoms with Gasteiger partial charge in [-0.2, -0.15) is 0 Å². The number of aromatic nitrogens is 1. The summed E-state index contributed by atoms with van der Waals surface area (Å²) in [5.41, 5.74) is 2.22. The Labute approximate surface area is 201 Å². The van der Waals surface area contributed by atoms with Crippen molar-refractivity contribution in [2.45, 2.75) is 60.1 Å². The summed E-state index contributed by atoms with van der Waals surface area (Å²) in [6.45, 7) is 13.2. The van der Waals surface area contributed by atoms with E-state index in [0.717, 1.165) is 30.0 Å². The van der Waals surface area contributed by atoms with Gasteiger partial charge in [-0.3, -0.25) is 5.32 Å². The Hall–Kier alpha value is -2.30. The molecule has 2 aromatic rings.